The van der Waals surface area contributed by atoms with E-state index in [1.54, 1.807) is 0 Å². The molecule has 29 heavy (non-hydrogen) atoms. The average Bonchev–Trinajstić information content (AvgIpc) is 3.29. The summed E-state index contributed by atoms with van der Waals surface area (Å²) in [5.74, 6) is 1.63. The minimum absolute atomic E-state index is 0.155. The molecule has 0 aliphatic rings. The van der Waals surface area contributed by atoms with Crippen LogP contribution in [0.25, 0.3) is 0 Å². The van der Waals surface area contributed by atoms with Crippen molar-refractivity contribution in [1.82, 2.24) is 25.0 Å². The van der Waals surface area contributed by atoms with Gasteiger partial charge in [0.05, 0.1) is 5.75 Å². The number of nitrogens with zero attached hydrogens (tertiary/aromatic N) is 5. The number of amides is 1. The second-order valence-corrected chi connectivity index (χ2v) is 8.63. The van der Waals surface area contributed by atoms with Crippen molar-refractivity contribution in [3.05, 3.63) is 40.2 Å². The van der Waals surface area contributed by atoms with Gasteiger partial charge in [0.1, 0.15) is 10.8 Å². The fraction of sp³-hybridized carbons (Fsp3) is 0.421. The predicted octanol–water partition coefficient (Wildman–Crippen LogP) is 3.95. The fourth-order valence-electron chi connectivity index (χ4n) is 2.73. The lowest BCUT2D eigenvalue weighted by atomic mass is 10.1. The predicted molar refractivity (Wildman–Crippen MR) is 115 cm³/mol. The van der Waals surface area contributed by atoms with Gasteiger partial charge in [0.25, 0.3) is 0 Å². The number of nitrogens with one attached hydrogen (secondary N) is 1. The van der Waals surface area contributed by atoms with Gasteiger partial charge in [0.15, 0.2) is 17.1 Å². The van der Waals surface area contributed by atoms with E-state index in [-0.39, 0.29) is 17.8 Å². The van der Waals surface area contributed by atoms with Crippen LogP contribution in [0.3, 0.4) is 0 Å². The standard InChI is InChI=1S/C19H24N6O2S2/c1-6-25-17(13(4)27-15-9-7-8-11(2)12(15)3)22-24-19(25)28-10-16(26)20-18-23-21-14(5)29-18/h7-9,13H,6,10H2,1-5H3,(H,20,23,26). The first-order valence-corrected chi connectivity index (χ1v) is 11.1. The van der Waals surface area contributed by atoms with Gasteiger partial charge in [-0.2, -0.15) is 0 Å². The number of aryl methyl sites for hydroxylation is 2. The molecule has 1 aromatic carbocycles. The molecule has 3 aromatic rings. The smallest absolute Gasteiger partial charge is 0.236 e. The van der Waals surface area contributed by atoms with Crippen LogP contribution >= 0.6 is 23.1 Å². The van der Waals surface area contributed by atoms with E-state index in [2.05, 4.69) is 38.7 Å². The van der Waals surface area contributed by atoms with Gasteiger partial charge in [-0.1, -0.05) is 35.2 Å². The Morgan fingerprint density at radius 2 is 2.03 bits per heavy atom. The van der Waals surface area contributed by atoms with Gasteiger partial charge in [-0.05, 0) is 51.8 Å². The molecule has 1 amide bonds. The van der Waals surface area contributed by atoms with Crippen LogP contribution < -0.4 is 10.1 Å². The largest absolute Gasteiger partial charge is 0.482 e. The molecule has 3 rings (SSSR count). The summed E-state index contributed by atoms with van der Waals surface area (Å²) >= 11 is 2.68. The summed E-state index contributed by atoms with van der Waals surface area (Å²) in [6, 6.07) is 6.00. The first-order valence-electron chi connectivity index (χ1n) is 9.27. The molecule has 1 unspecified atom stereocenters. The summed E-state index contributed by atoms with van der Waals surface area (Å²) in [6.07, 6.45) is -0.268. The van der Waals surface area contributed by atoms with Gasteiger partial charge < -0.3 is 9.30 Å². The molecular weight excluding hydrogens is 408 g/mol. The van der Waals surface area contributed by atoms with E-state index in [0.717, 1.165) is 22.1 Å². The molecule has 1 N–H and O–H groups in total. The van der Waals surface area contributed by atoms with E-state index in [1.807, 2.05) is 44.4 Å². The third-order valence-corrected chi connectivity index (χ3v) is 6.11. The quantitative estimate of drug-likeness (QED) is 0.539. The van der Waals surface area contributed by atoms with Crippen LogP contribution in [-0.2, 0) is 11.3 Å². The minimum Gasteiger partial charge on any atom is -0.482 e. The molecular formula is C19H24N6O2S2. The Bertz CT molecular complexity index is 1000. The molecule has 0 aliphatic carbocycles. The van der Waals surface area contributed by atoms with Crippen LogP contribution in [-0.4, -0.2) is 36.6 Å². The Kier molecular flexibility index (Phi) is 6.86. The van der Waals surface area contributed by atoms with Gasteiger partial charge in [0.2, 0.25) is 11.0 Å². The van der Waals surface area contributed by atoms with Gasteiger partial charge in [-0.25, -0.2) is 0 Å². The Labute approximate surface area is 178 Å². The second-order valence-electron chi connectivity index (χ2n) is 6.51. The van der Waals surface area contributed by atoms with Crippen molar-refractivity contribution in [2.75, 3.05) is 11.1 Å². The van der Waals surface area contributed by atoms with Crippen LogP contribution in [0.5, 0.6) is 5.75 Å². The Morgan fingerprint density at radius 1 is 1.24 bits per heavy atom. The monoisotopic (exact) mass is 432 g/mol. The van der Waals surface area contributed by atoms with Gasteiger partial charge in [0, 0.05) is 6.54 Å². The summed E-state index contributed by atoms with van der Waals surface area (Å²) < 4.78 is 8.12. The number of anilines is 1. The number of hydrogen-bond donors (Lipinski definition) is 1. The first-order chi connectivity index (χ1) is 13.9. The summed E-state index contributed by atoms with van der Waals surface area (Å²) in [6.45, 7) is 10.6. The minimum atomic E-state index is -0.268. The molecule has 8 nitrogen and oxygen atoms in total. The maximum atomic E-state index is 12.2. The lowest BCUT2D eigenvalue weighted by molar-refractivity contribution is -0.113. The fourth-order valence-corrected chi connectivity index (χ4v) is 4.15. The van der Waals surface area contributed by atoms with Gasteiger partial charge in [-0.3, -0.25) is 10.1 Å². The number of carbonyl (C=O) groups is 1. The molecule has 10 heteroatoms. The highest BCUT2D eigenvalue weighted by Crippen LogP contribution is 2.28. The molecule has 154 valence electrons. The molecule has 0 bridgehead atoms. The van der Waals surface area contributed by atoms with E-state index < -0.39 is 0 Å². The van der Waals surface area contributed by atoms with E-state index in [1.165, 1.54) is 28.7 Å². The van der Waals surface area contributed by atoms with Crippen molar-refractivity contribution in [3.63, 3.8) is 0 Å². The Balaban J connectivity index is 1.66. The maximum absolute atomic E-state index is 12.2. The van der Waals surface area contributed by atoms with Crippen molar-refractivity contribution in [2.45, 2.75) is 52.4 Å². The number of aromatic nitrogens is 5. The van der Waals surface area contributed by atoms with Crippen molar-refractivity contribution in [2.24, 2.45) is 0 Å². The number of ether oxygens (including phenoxy) is 1. The summed E-state index contributed by atoms with van der Waals surface area (Å²) in [4.78, 5) is 12.2. The average molecular weight is 433 g/mol. The molecule has 2 heterocycles. The number of benzene rings is 1. The van der Waals surface area contributed by atoms with Crippen LogP contribution in [0.4, 0.5) is 5.13 Å². The number of hydrogen-bond acceptors (Lipinski definition) is 8. The second kappa shape index (κ2) is 9.36. The third-order valence-electron chi connectivity index (χ3n) is 4.39. The zero-order valence-electron chi connectivity index (χ0n) is 17.1. The lowest BCUT2D eigenvalue weighted by Gasteiger charge is -2.17. The molecule has 1 atom stereocenters. The zero-order valence-corrected chi connectivity index (χ0v) is 18.7. The molecule has 0 spiro atoms. The maximum Gasteiger partial charge on any atom is 0.236 e. The summed E-state index contributed by atoms with van der Waals surface area (Å²) in [7, 11) is 0. The van der Waals surface area contributed by atoms with Crippen LogP contribution in [0.1, 0.15) is 41.9 Å². The molecule has 0 fully saturated rings. The highest BCUT2D eigenvalue weighted by molar-refractivity contribution is 7.99. The normalized spacial score (nSPS) is 12.0. The van der Waals surface area contributed by atoms with E-state index >= 15 is 0 Å². The summed E-state index contributed by atoms with van der Waals surface area (Å²) in [5, 5.41) is 21.1. The van der Waals surface area contributed by atoms with E-state index in [0.29, 0.717) is 16.8 Å². The molecule has 0 saturated carbocycles. The molecule has 0 radical (unpaired) electrons. The Morgan fingerprint density at radius 3 is 2.72 bits per heavy atom. The summed E-state index contributed by atoms with van der Waals surface area (Å²) in [5.41, 5.74) is 2.29. The van der Waals surface area contributed by atoms with E-state index in [9.17, 15) is 4.79 Å². The number of carbonyl (C=O) groups excluding carboxylic acids is 1. The van der Waals surface area contributed by atoms with Crippen molar-refractivity contribution < 1.29 is 9.53 Å². The van der Waals surface area contributed by atoms with Gasteiger partial charge >= 0.3 is 0 Å². The van der Waals surface area contributed by atoms with Crippen molar-refractivity contribution >= 4 is 34.1 Å². The van der Waals surface area contributed by atoms with E-state index in [4.69, 9.17) is 4.74 Å². The highest BCUT2D eigenvalue weighted by Gasteiger charge is 2.20. The van der Waals surface area contributed by atoms with Crippen molar-refractivity contribution in [1.29, 1.82) is 0 Å². The van der Waals surface area contributed by atoms with Crippen LogP contribution in [0, 0.1) is 20.8 Å². The zero-order chi connectivity index (χ0) is 21.0. The number of thioether (sulfide) groups is 1. The molecule has 0 aliphatic heterocycles. The lowest BCUT2D eigenvalue weighted by Crippen LogP contribution is -2.15. The van der Waals surface area contributed by atoms with Crippen LogP contribution in [0.15, 0.2) is 23.4 Å². The highest BCUT2D eigenvalue weighted by atomic mass is 32.2. The first kappa shape index (κ1) is 21.3. The Hall–Kier alpha value is -2.46. The number of rotatable bonds is 8. The van der Waals surface area contributed by atoms with Gasteiger partial charge in [-0.15, -0.1) is 20.4 Å². The molecule has 2 aromatic heterocycles. The topological polar surface area (TPSA) is 94.8 Å². The molecule has 0 saturated heterocycles. The van der Waals surface area contributed by atoms with Crippen LogP contribution in [0.2, 0.25) is 0 Å². The third kappa shape index (κ3) is 5.13. The SMILES string of the molecule is CCn1c(SCC(=O)Nc2nnc(C)s2)nnc1C(C)Oc1cccc(C)c1C. The van der Waals surface area contributed by atoms with Crippen molar-refractivity contribution in [3.8, 4) is 5.75 Å².